The standard InChI is InChI=1S/C15H18N2O2/c1-10-6-13(15(16)17-8-10)14(18)12-5-3-4-11(7-12)9-19-2/h3-8,14,18H,9H2,1-2H3,(H2,16,17). The molecule has 2 rings (SSSR count). The van der Waals surface area contributed by atoms with Crippen LogP contribution in [0, 0.1) is 6.92 Å². The van der Waals surface area contributed by atoms with E-state index in [1.807, 2.05) is 37.3 Å². The van der Waals surface area contributed by atoms with E-state index in [4.69, 9.17) is 10.5 Å². The van der Waals surface area contributed by atoms with Crippen molar-refractivity contribution in [3.63, 3.8) is 0 Å². The number of rotatable bonds is 4. The molecule has 0 fully saturated rings. The van der Waals surface area contributed by atoms with Gasteiger partial charge in [0.1, 0.15) is 11.9 Å². The number of aryl methyl sites for hydroxylation is 1. The van der Waals surface area contributed by atoms with Gasteiger partial charge in [-0.25, -0.2) is 4.98 Å². The van der Waals surface area contributed by atoms with Crippen LogP contribution in [0.3, 0.4) is 0 Å². The molecule has 0 saturated carbocycles. The Morgan fingerprint density at radius 2 is 2.16 bits per heavy atom. The van der Waals surface area contributed by atoms with Crippen LogP contribution in [0.15, 0.2) is 36.5 Å². The highest BCUT2D eigenvalue weighted by Crippen LogP contribution is 2.26. The second-order valence-corrected chi connectivity index (χ2v) is 4.57. The molecule has 1 atom stereocenters. The number of aliphatic hydroxyl groups excluding tert-OH is 1. The van der Waals surface area contributed by atoms with Crippen molar-refractivity contribution in [2.24, 2.45) is 0 Å². The molecule has 2 aromatic rings. The van der Waals surface area contributed by atoms with Gasteiger partial charge in [0, 0.05) is 18.9 Å². The van der Waals surface area contributed by atoms with Crippen LogP contribution in [0.25, 0.3) is 0 Å². The third kappa shape index (κ3) is 3.10. The zero-order valence-corrected chi connectivity index (χ0v) is 11.1. The molecular formula is C15H18N2O2. The zero-order chi connectivity index (χ0) is 13.8. The molecule has 0 amide bonds. The highest BCUT2D eigenvalue weighted by atomic mass is 16.5. The summed E-state index contributed by atoms with van der Waals surface area (Å²) in [6.45, 7) is 2.44. The van der Waals surface area contributed by atoms with Gasteiger partial charge < -0.3 is 15.6 Å². The van der Waals surface area contributed by atoms with Crippen LogP contribution in [0.2, 0.25) is 0 Å². The normalized spacial score (nSPS) is 12.4. The molecule has 3 N–H and O–H groups in total. The fourth-order valence-corrected chi connectivity index (χ4v) is 2.02. The number of nitrogen functional groups attached to an aromatic ring is 1. The fourth-order valence-electron chi connectivity index (χ4n) is 2.02. The van der Waals surface area contributed by atoms with Crippen molar-refractivity contribution in [1.82, 2.24) is 4.98 Å². The van der Waals surface area contributed by atoms with E-state index < -0.39 is 6.10 Å². The zero-order valence-electron chi connectivity index (χ0n) is 11.1. The molecule has 0 saturated heterocycles. The second kappa shape index (κ2) is 5.82. The lowest BCUT2D eigenvalue weighted by atomic mass is 9.99. The van der Waals surface area contributed by atoms with Gasteiger partial charge in [-0.3, -0.25) is 0 Å². The topological polar surface area (TPSA) is 68.4 Å². The minimum Gasteiger partial charge on any atom is -0.384 e. The first-order chi connectivity index (χ1) is 9.11. The SMILES string of the molecule is COCc1cccc(C(O)c2cc(C)cnc2N)c1. The molecule has 0 aliphatic carbocycles. The maximum atomic E-state index is 10.4. The molecule has 0 radical (unpaired) electrons. The lowest BCUT2D eigenvalue weighted by Gasteiger charge is -2.15. The third-order valence-electron chi connectivity index (χ3n) is 2.96. The number of methoxy groups -OCH3 is 1. The highest BCUT2D eigenvalue weighted by Gasteiger charge is 2.15. The Labute approximate surface area is 112 Å². The molecule has 4 nitrogen and oxygen atoms in total. The van der Waals surface area contributed by atoms with Crippen molar-refractivity contribution in [1.29, 1.82) is 0 Å². The number of pyridine rings is 1. The van der Waals surface area contributed by atoms with Gasteiger partial charge in [0.05, 0.1) is 6.61 Å². The Hall–Kier alpha value is -1.91. The van der Waals surface area contributed by atoms with Crippen LogP contribution in [0.4, 0.5) is 5.82 Å². The minimum absolute atomic E-state index is 0.357. The largest absolute Gasteiger partial charge is 0.384 e. The Kier molecular flexibility index (Phi) is 4.14. The van der Waals surface area contributed by atoms with E-state index in [1.54, 1.807) is 13.3 Å². The van der Waals surface area contributed by atoms with E-state index >= 15 is 0 Å². The van der Waals surface area contributed by atoms with Crippen LogP contribution in [0.1, 0.15) is 28.4 Å². The summed E-state index contributed by atoms with van der Waals surface area (Å²) in [7, 11) is 1.64. The Bertz CT molecular complexity index is 570. The average molecular weight is 258 g/mol. The molecule has 4 heteroatoms. The van der Waals surface area contributed by atoms with E-state index in [0.717, 1.165) is 16.7 Å². The van der Waals surface area contributed by atoms with Crippen molar-refractivity contribution in [2.45, 2.75) is 19.6 Å². The van der Waals surface area contributed by atoms with Gasteiger partial charge in [0.15, 0.2) is 0 Å². The van der Waals surface area contributed by atoms with E-state index in [0.29, 0.717) is 18.0 Å². The van der Waals surface area contributed by atoms with E-state index in [1.165, 1.54) is 0 Å². The number of aromatic nitrogens is 1. The summed E-state index contributed by atoms with van der Waals surface area (Å²) in [5.74, 6) is 0.357. The fraction of sp³-hybridized carbons (Fsp3) is 0.267. The van der Waals surface area contributed by atoms with Gasteiger partial charge in [-0.15, -0.1) is 0 Å². The summed E-state index contributed by atoms with van der Waals surface area (Å²) in [5.41, 5.74) is 9.23. The van der Waals surface area contributed by atoms with Crippen molar-refractivity contribution in [3.05, 3.63) is 58.8 Å². The first-order valence-electron chi connectivity index (χ1n) is 6.09. The number of benzene rings is 1. The highest BCUT2D eigenvalue weighted by molar-refractivity contribution is 5.46. The number of anilines is 1. The van der Waals surface area contributed by atoms with Crippen molar-refractivity contribution in [3.8, 4) is 0 Å². The van der Waals surface area contributed by atoms with Crippen LogP contribution in [0.5, 0.6) is 0 Å². The molecular weight excluding hydrogens is 240 g/mol. The van der Waals surface area contributed by atoms with Gasteiger partial charge in [0.2, 0.25) is 0 Å². The van der Waals surface area contributed by atoms with Crippen molar-refractivity contribution < 1.29 is 9.84 Å². The Balaban J connectivity index is 2.35. The van der Waals surface area contributed by atoms with Crippen LogP contribution in [-0.4, -0.2) is 17.2 Å². The first kappa shape index (κ1) is 13.5. The quantitative estimate of drug-likeness (QED) is 0.882. The number of ether oxygens (including phenoxy) is 1. The lowest BCUT2D eigenvalue weighted by Crippen LogP contribution is -2.06. The van der Waals surface area contributed by atoms with E-state index in [-0.39, 0.29) is 0 Å². The first-order valence-corrected chi connectivity index (χ1v) is 6.09. The maximum absolute atomic E-state index is 10.4. The van der Waals surface area contributed by atoms with E-state index in [9.17, 15) is 5.11 Å². The predicted molar refractivity (Wildman–Crippen MR) is 74.6 cm³/mol. The van der Waals surface area contributed by atoms with Crippen molar-refractivity contribution in [2.75, 3.05) is 12.8 Å². The summed E-state index contributed by atoms with van der Waals surface area (Å²) in [6, 6.07) is 9.49. The van der Waals surface area contributed by atoms with Gasteiger partial charge >= 0.3 is 0 Å². The molecule has 0 spiro atoms. The molecule has 19 heavy (non-hydrogen) atoms. The van der Waals surface area contributed by atoms with Gasteiger partial charge in [-0.05, 0) is 29.7 Å². The molecule has 0 aliphatic heterocycles. The third-order valence-corrected chi connectivity index (χ3v) is 2.96. The molecule has 0 bridgehead atoms. The number of nitrogens with two attached hydrogens (primary N) is 1. The molecule has 1 aromatic carbocycles. The number of aliphatic hydroxyl groups is 1. The van der Waals surface area contributed by atoms with E-state index in [2.05, 4.69) is 4.98 Å². The lowest BCUT2D eigenvalue weighted by molar-refractivity contribution is 0.184. The summed E-state index contributed by atoms with van der Waals surface area (Å²) in [5, 5.41) is 10.4. The second-order valence-electron chi connectivity index (χ2n) is 4.57. The minimum atomic E-state index is -0.774. The summed E-state index contributed by atoms with van der Waals surface area (Å²) in [4.78, 5) is 4.08. The molecule has 100 valence electrons. The summed E-state index contributed by atoms with van der Waals surface area (Å²) < 4.78 is 5.09. The maximum Gasteiger partial charge on any atom is 0.129 e. The molecule has 1 aromatic heterocycles. The molecule has 0 aliphatic rings. The average Bonchev–Trinajstić information content (AvgIpc) is 2.41. The Morgan fingerprint density at radius 1 is 1.37 bits per heavy atom. The number of hydrogen-bond acceptors (Lipinski definition) is 4. The number of nitrogens with zero attached hydrogens (tertiary/aromatic N) is 1. The molecule has 1 heterocycles. The van der Waals surface area contributed by atoms with Gasteiger partial charge in [-0.1, -0.05) is 24.3 Å². The van der Waals surface area contributed by atoms with Crippen LogP contribution >= 0.6 is 0 Å². The Morgan fingerprint density at radius 3 is 2.89 bits per heavy atom. The van der Waals surface area contributed by atoms with Crippen LogP contribution in [-0.2, 0) is 11.3 Å². The summed E-state index contributed by atoms with van der Waals surface area (Å²) in [6.07, 6.45) is 0.914. The predicted octanol–water partition coefficient (Wildman–Crippen LogP) is 2.20. The smallest absolute Gasteiger partial charge is 0.129 e. The van der Waals surface area contributed by atoms with Crippen LogP contribution < -0.4 is 5.73 Å². The van der Waals surface area contributed by atoms with Gasteiger partial charge in [-0.2, -0.15) is 0 Å². The molecule has 1 unspecified atom stereocenters. The van der Waals surface area contributed by atoms with Crippen molar-refractivity contribution >= 4 is 5.82 Å². The monoisotopic (exact) mass is 258 g/mol. The summed E-state index contributed by atoms with van der Waals surface area (Å²) >= 11 is 0. The number of hydrogen-bond donors (Lipinski definition) is 2. The van der Waals surface area contributed by atoms with Gasteiger partial charge in [0.25, 0.3) is 0 Å².